The van der Waals surface area contributed by atoms with E-state index in [0.29, 0.717) is 12.2 Å². The normalized spacial score (nSPS) is 16.8. The number of aromatic amines is 1. The SMILES string of the molecule is CNc1cc(-c2c[nH]c(=O)c(N[C@H]3CCCN(C(=O)C=CCN(C)C)C3)c2)ccn1. The number of aromatic nitrogens is 2. The van der Waals surface area contributed by atoms with Gasteiger partial charge in [0, 0.05) is 56.8 Å². The molecule has 0 spiro atoms. The summed E-state index contributed by atoms with van der Waals surface area (Å²) < 4.78 is 0. The molecule has 1 atom stereocenters. The number of amides is 1. The lowest BCUT2D eigenvalue weighted by Gasteiger charge is -2.33. The molecule has 1 fully saturated rings. The Balaban J connectivity index is 1.70. The number of rotatable bonds is 7. The van der Waals surface area contributed by atoms with E-state index in [2.05, 4.69) is 20.6 Å². The summed E-state index contributed by atoms with van der Waals surface area (Å²) in [7, 11) is 5.75. The third-order valence-electron chi connectivity index (χ3n) is 5.08. The van der Waals surface area contributed by atoms with Crippen LogP contribution in [0.3, 0.4) is 0 Å². The van der Waals surface area contributed by atoms with Gasteiger partial charge in [0.15, 0.2) is 0 Å². The lowest BCUT2D eigenvalue weighted by atomic mass is 10.0. The molecule has 2 aromatic heterocycles. The second kappa shape index (κ2) is 10.1. The van der Waals surface area contributed by atoms with Gasteiger partial charge in [-0.25, -0.2) is 4.98 Å². The molecule has 1 saturated heterocycles. The number of nitrogens with zero attached hydrogens (tertiary/aromatic N) is 3. The monoisotopic (exact) mass is 410 g/mol. The highest BCUT2D eigenvalue weighted by molar-refractivity contribution is 5.87. The largest absolute Gasteiger partial charge is 0.376 e. The van der Waals surface area contributed by atoms with Crippen LogP contribution >= 0.6 is 0 Å². The molecule has 1 aliphatic heterocycles. The van der Waals surface area contributed by atoms with Gasteiger partial charge in [-0.1, -0.05) is 6.08 Å². The summed E-state index contributed by atoms with van der Waals surface area (Å²) in [4.78, 5) is 35.7. The van der Waals surface area contributed by atoms with Crippen molar-refractivity contribution in [1.82, 2.24) is 19.8 Å². The molecular weight excluding hydrogens is 380 g/mol. The third-order valence-corrected chi connectivity index (χ3v) is 5.08. The summed E-state index contributed by atoms with van der Waals surface area (Å²) in [5.74, 6) is 0.777. The van der Waals surface area contributed by atoms with Gasteiger partial charge in [0.25, 0.3) is 5.56 Å². The highest BCUT2D eigenvalue weighted by atomic mass is 16.2. The minimum atomic E-state index is -0.170. The van der Waals surface area contributed by atoms with Crippen molar-refractivity contribution < 1.29 is 4.79 Å². The van der Waals surface area contributed by atoms with Gasteiger partial charge in [-0.15, -0.1) is 0 Å². The smallest absolute Gasteiger partial charge is 0.271 e. The number of anilines is 2. The zero-order valence-electron chi connectivity index (χ0n) is 17.8. The van der Waals surface area contributed by atoms with E-state index in [1.807, 2.05) is 55.2 Å². The van der Waals surface area contributed by atoms with E-state index in [0.717, 1.165) is 42.9 Å². The predicted octanol–water partition coefficient (Wildman–Crippen LogP) is 2.00. The standard InChI is InChI=1S/C22H30N6O2/c1-23-20-13-16(8-9-24-20)17-12-19(22(30)25-14-17)26-18-6-4-11-28(15-18)21(29)7-5-10-27(2)3/h5,7-9,12-14,18,26H,4,6,10-11,15H2,1-3H3,(H,23,24)(H,25,30)/t18-/m0/s1. The molecule has 0 aromatic carbocycles. The van der Waals surface area contributed by atoms with E-state index < -0.39 is 0 Å². The lowest BCUT2D eigenvalue weighted by Crippen LogP contribution is -2.45. The molecule has 3 heterocycles. The van der Waals surface area contributed by atoms with Crippen molar-refractivity contribution >= 4 is 17.4 Å². The number of carbonyl (C=O) groups excluding carboxylic acids is 1. The van der Waals surface area contributed by atoms with Crippen molar-refractivity contribution in [3.63, 3.8) is 0 Å². The van der Waals surface area contributed by atoms with Crippen molar-refractivity contribution in [2.75, 3.05) is 51.4 Å². The van der Waals surface area contributed by atoms with Crippen molar-refractivity contribution in [2.45, 2.75) is 18.9 Å². The van der Waals surface area contributed by atoms with Crippen LogP contribution in [0.25, 0.3) is 11.1 Å². The molecule has 0 radical (unpaired) electrons. The van der Waals surface area contributed by atoms with E-state index in [1.54, 1.807) is 18.5 Å². The van der Waals surface area contributed by atoms with E-state index in [4.69, 9.17) is 0 Å². The molecule has 2 aromatic rings. The Bertz CT molecular complexity index is 953. The first-order chi connectivity index (χ1) is 14.5. The van der Waals surface area contributed by atoms with Crippen molar-refractivity contribution in [3.05, 3.63) is 53.1 Å². The molecule has 0 unspecified atom stereocenters. The first-order valence-electron chi connectivity index (χ1n) is 10.2. The summed E-state index contributed by atoms with van der Waals surface area (Å²) in [5.41, 5.74) is 2.19. The minimum absolute atomic E-state index is 0.0161. The Hall–Kier alpha value is -3.13. The molecule has 160 valence electrons. The summed E-state index contributed by atoms with van der Waals surface area (Å²) >= 11 is 0. The highest BCUT2D eigenvalue weighted by Crippen LogP contribution is 2.22. The number of hydrogen-bond acceptors (Lipinski definition) is 6. The van der Waals surface area contributed by atoms with E-state index in [1.165, 1.54) is 0 Å². The van der Waals surface area contributed by atoms with Gasteiger partial charge in [0.05, 0.1) is 0 Å². The van der Waals surface area contributed by atoms with Crippen LogP contribution in [0.1, 0.15) is 12.8 Å². The number of carbonyl (C=O) groups is 1. The molecule has 1 aliphatic rings. The highest BCUT2D eigenvalue weighted by Gasteiger charge is 2.23. The summed E-state index contributed by atoms with van der Waals surface area (Å²) in [5, 5.41) is 6.37. The quantitative estimate of drug-likeness (QED) is 0.605. The second-order valence-corrected chi connectivity index (χ2v) is 7.74. The molecular formula is C22H30N6O2. The number of likely N-dealkylation sites (tertiary alicyclic amines) is 1. The maximum atomic E-state index is 12.5. The van der Waals surface area contributed by atoms with Crippen molar-refractivity contribution in [2.24, 2.45) is 0 Å². The van der Waals surface area contributed by atoms with E-state index in [9.17, 15) is 9.59 Å². The van der Waals surface area contributed by atoms with Crippen molar-refractivity contribution in [3.8, 4) is 11.1 Å². The Morgan fingerprint density at radius 1 is 1.37 bits per heavy atom. The van der Waals surface area contributed by atoms with Crippen LogP contribution in [0.15, 0.2) is 47.5 Å². The van der Waals surface area contributed by atoms with Crippen LogP contribution in [0.2, 0.25) is 0 Å². The molecule has 0 bridgehead atoms. The Labute approximate surface area is 177 Å². The summed E-state index contributed by atoms with van der Waals surface area (Å²) in [6.45, 7) is 2.05. The Kier molecular flexibility index (Phi) is 7.24. The van der Waals surface area contributed by atoms with E-state index >= 15 is 0 Å². The van der Waals surface area contributed by atoms with Gasteiger partial charge in [-0.2, -0.15) is 0 Å². The van der Waals surface area contributed by atoms with Crippen LogP contribution in [-0.4, -0.2) is 72.5 Å². The molecule has 3 N–H and O–H groups in total. The zero-order chi connectivity index (χ0) is 21.5. The maximum absolute atomic E-state index is 12.5. The lowest BCUT2D eigenvalue weighted by molar-refractivity contribution is -0.127. The van der Waals surface area contributed by atoms with Crippen LogP contribution in [0.5, 0.6) is 0 Å². The number of H-pyrrole nitrogens is 1. The Morgan fingerprint density at radius 3 is 2.97 bits per heavy atom. The van der Waals surface area contributed by atoms with Gasteiger partial charge >= 0.3 is 0 Å². The van der Waals surface area contributed by atoms with Gasteiger partial charge < -0.3 is 25.4 Å². The topological polar surface area (TPSA) is 93.4 Å². The van der Waals surface area contributed by atoms with Gasteiger partial charge in [-0.05, 0) is 50.7 Å². The minimum Gasteiger partial charge on any atom is -0.376 e. The van der Waals surface area contributed by atoms with Gasteiger partial charge in [-0.3, -0.25) is 9.59 Å². The van der Waals surface area contributed by atoms with Crippen LogP contribution in [0.4, 0.5) is 11.5 Å². The number of piperidine rings is 1. The van der Waals surface area contributed by atoms with Gasteiger partial charge in [0.1, 0.15) is 11.5 Å². The molecule has 0 saturated carbocycles. The van der Waals surface area contributed by atoms with Crippen molar-refractivity contribution in [1.29, 1.82) is 0 Å². The first kappa shape index (κ1) is 21.6. The number of pyridine rings is 2. The summed E-state index contributed by atoms with van der Waals surface area (Å²) in [6.07, 6.45) is 8.76. The molecule has 0 aliphatic carbocycles. The number of likely N-dealkylation sites (N-methyl/N-ethyl adjacent to an activating group) is 1. The summed E-state index contributed by atoms with van der Waals surface area (Å²) in [6, 6.07) is 5.72. The Morgan fingerprint density at radius 2 is 2.20 bits per heavy atom. The molecule has 8 nitrogen and oxygen atoms in total. The maximum Gasteiger partial charge on any atom is 0.271 e. The van der Waals surface area contributed by atoms with E-state index in [-0.39, 0.29) is 17.5 Å². The fourth-order valence-electron chi connectivity index (χ4n) is 3.49. The average Bonchev–Trinajstić information content (AvgIpc) is 2.75. The fourth-order valence-corrected chi connectivity index (χ4v) is 3.49. The predicted molar refractivity (Wildman–Crippen MR) is 121 cm³/mol. The van der Waals surface area contributed by atoms with Gasteiger partial charge in [0.2, 0.25) is 5.91 Å². The molecule has 3 rings (SSSR count). The van der Waals surface area contributed by atoms with Crippen LogP contribution in [-0.2, 0) is 4.79 Å². The van der Waals surface area contributed by atoms with Crippen LogP contribution in [0, 0.1) is 0 Å². The molecule has 1 amide bonds. The van der Waals surface area contributed by atoms with Crippen LogP contribution < -0.4 is 16.2 Å². The second-order valence-electron chi connectivity index (χ2n) is 7.74. The molecule has 8 heteroatoms. The fraction of sp³-hybridized carbons (Fsp3) is 0.409. The third kappa shape index (κ3) is 5.70. The first-order valence-corrected chi connectivity index (χ1v) is 10.2. The number of nitrogens with one attached hydrogen (secondary N) is 3. The number of hydrogen-bond donors (Lipinski definition) is 3. The zero-order valence-corrected chi connectivity index (χ0v) is 17.8. The average molecular weight is 411 g/mol. The molecule has 30 heavy (non-hydrogen) atoms.